The molecule has 0 spiro atoms. The quantitative estimate of drug-likeness (QED) is 0.644. The molecule has 0 unspecified atom stereocenters. The van der Waals surface area contributed by atoms with E-state index in [-0.39, 0.29) is 12.4 Å². The number of fused-ring (bicyclic) bond motifs is 1. The van der Waals surface area contributed by atoms with Gasteiger partial charge in [-0.25, -0.2) is 0 Å². The van der Waals surface area contributed by atoms with Gasteiger partial charge in [-0.3, -0.25) is 9.78 Å². The molecule has 0 aliphatic rings. The maximum Gasteiger partial charge on any atom is 0.120 e. The monoisotopic (exact) mass is 244 g/mol. The Morgan fingerprint density at radius 2 is 2.17 bits per heavy atom. The van der Waals surface area contributed by atoms with Crippen LogP contribution in [-0.2, 0) is 6.54 Å². The number of rotatable bonds is 3. The van der Waals surface area contributed by atoms with Crippen molar-refractivity contribution in [3.8, 4) is 17.1 Å². The SMILES string of the molecule is OCCn1ccc(-c2n[nH]c3ccc(O)cc23)n1. The van der Waals surface area contributed by atoms with Gasteiger partial charge in [-0.1, -0.05) is 0 Å². The Kier molecular flexibility index (Phi) is 2.49. The number of aliphatic hydroxyl groups is 1. The fourth-order valence-corrected chi connectivity index (χ4v) is 1.91. The molecule has 0 amide bonds. The second-order valence-electron chi connectivity index (χ2n) is 3.99. The Morgan fingerprint density at radius 1 is 1.28 bits per heavy atom. The minimum Gasteiger partial charge on any atom is -0.508 e. The molecule has 0 radical (unpaired) electrons. The highest BCUT2D eigenvalue weighted by Crippen LogP contribution is 2.27. The number of phenols is 1. The van der Waals surface area contributed by atoms with Gasteiger partial charge in [0.25, 0.3) is 0 Å². The van der Waals surface area contributed by atoms with E-state index in [4.69, 9.17) is 5.11 Å². The number of aromatic nitrogens is 4. The minimum atomic E-state index is 0.0449. The molecule has 3 aromatic rings. The molecule has 0 saturated carbocycles. The normalized spacial score (nSPS) is 11.2. The highest BCUT2D eigenvalue weighted by molar-refractivity contribution is 5.92. The average Bonchev–Trinajstić information content (AvgIpc) is 2.95. The van der Waals surface area contributed by atoms with E-state index in [1.807, 2.05) is 6.07 Å². The van der Waals surface area contributed by atoms with Gasteiger partial charge in [-0.05, 0) is 24.3 Å². The lowest BCUT2D eigenvalue weighted by molar-refractivity contribution is 0.269. The van der Waals surface area contributed by atoms with E-state index >= 15 is 0 Å². The molecule has 0 saturated heterocycles. The molecule has 3 N–H and O–H groups in total. The lowest BCUT2D eigenvalue weighted by atomic mass is 10.1. The van der Waals surface area contributed by atoms with Crippen molar-refractivity contribution in [2.24, 2.45) is 0 Å². The van der Waals surface area contributed by atoms with Crippen LogP contribution >= 0.6 is 0 Å². The molecule has 0 aliphatic heterocycles. The summed E-state index contributed by atoms with van der Waals surface area (Å²) in [6, 6.07) is 6.86. The largest absolute Gasteiger partial charge is 0.508 e. The molecule has 3 rings (SSSR count). The molecule has 0 bridgehead atoms. The van der Waals surface area contributed by atoms with Gasteiger partial charge >= 0.3 is 0 Å². The summed E-state index contributed by atoms with van der Waals surface area (Å²) >= 11 is 0. The van der Waals surface area contributed by atoms with Gasteiger partial charge in [-0.15, -0.1) is 0 Å². The van der Waals surface area contributed by atoms with Crippen molar-refractivity contribution >= 4 is 10.9 Å². The third kappa shape index (κ3) is 1.72. The second kappa shape index (κ2) is 4.15. The van der Waals surface area contributed by atoms with Gasteiger partial charge in [0.05, 0.1) is 18.7 Å². The molecule has 6 nitrogen and oxygen atoms in total. The molecular weight excluding hydrogens is 232 g/mol. The van der Waals surface area contributed by atoms with Crippen LogP contribution in [0.2, 0.25) is 0 Å². The molecule has 0 atom stereocenters. The summed E-state index contributed by atoms with van der Waals surface area (Å²) in [6.07, 6.45) is 1.79. The maximum atomic E-state index is 9.51. The predicted molar refractivity (Wildman–Crippen MR) is 66.1 cm³/mol. The van der Waals surface area contributed by atoms with E-state index in [1.54, 1.807) is 29.1 Å². The van der Waals surface area contributed by atoms with Crippen LogP contribution in [-0.4, -0.2) is 36.8 Å². The maximum absolute atomic E-state index is 9.51. The summed E-state index contributed by atoms with van der Waals surface area (Å²) in [5, 5.41) is 30.6. The lowest BCUT2D eigenvalue weighted by Crippen LogP contribution is -2.02. The molecule has 0 aliphatic carbocycles. The van der Waals surface area contributed by atoms with Crippen LogP contribution in [0.15, 0.2) is 30.5 Å². The first-order valence-electron chi connectivity index (χ1n) is 5.60. The van der Waals surface area contributed by atoms with E-state index in [1.165, 1.54) is 0 Å². The first-order valence-corrected chi connectivity index (χ1v) is 5.60. The summed E-state index contributed by atoms with van der Waals surface area (Å²) in [5.41, 5.74) is 2.25. The molecule has 2 heterocycles. The number of aliphatic hydroxyl groups excluding tert-OH is 1. The van der Waals surface area contributed by atoms with Crippen LogP contribution in [0.5, 0.6) is 5.75 Å². The van der Waals surface area contributed by atoms with Gasteiger partial charge in [0.2, 0.25) is 0 Å². The summed E-state index contributed by atoms with van der Waals surface area (Å²) in [4.78, 5) is 0. The van der Waals surface area contributed by atoms with Crippen LogP contribution < -0.4 is 0 Å². The molecule has 6 heteroatoms. The minimum absolute atomic E-state index is 0.0449. The van der Waals surface area contributed by atoms with Gasteiger partial charge in [0.15, 0.2) is 0 Å². The Morgan fingerprint density at radius 3 is 3.00 bits per heavy atom. The summed E-state index contributed by atoms with van der Waals surface area (Å²) in [7, 11) is 0. The Labute approximate surface area is 102 Å². The van der Waals surface area contributed by atoms with Crippen molar-refractivity contribution in [2.75, 3.05) is 6.61 Å². The molecule has 92 valence electrons. The smallest absolute Gasteiger partial charge is 0.120 e. The molecular formula is C12H12N4O2. The number of hydrogen-bond donors (Lipinski definition) is 3. The van der Waals surface area contributed by atoms with Crippen molar-refractivity contribution in [3.05, 3.63) is 30.5 Å². The van der Waals surface area contributed by atoms with Crippen LogP contribution in [0.3, 0.4) is 0 Å². The third-order valence-corrected chi connectivity index (χ3v) is 2.76. The fourth-order valence-electron chi connectivity index (χ4n) is 1.91. The van der Waals surface area contributed by atoms with Gasteiger partial charge in [-0.2, -0.15) is 10.2 Å². The summed E-state index contributed by atoms with van der Waals surface area (Å²) < 4.78 is 1.65. The number of nitrogens with zero attached hydrogens (tertiary/aromatic N) is 3. The number of aromatic amines is 1. The zero-order valence-corrected chi connectivity index (χ0v) is 9.54. The topological polar surface area (TPSA) is 87.0 Å². The van der Waals surface area contributed by atoms with Gasteiger partial charge in [0.1, 0.15) is 17.1 Å². The Bertz CT molecular complexity index is 686. The summed E-state index contributed by atoms with van der Waals surface area (Å²) in [6.45, 7) is 0.497. The number of benzene rings is 1. The Balaban J connectivity index is 2.09. The van der Waals surface area contributed by atoms with Crippen molar-refractivity contribution in [2.45, 2.75) is 6.54 Å². The van der Waals surface area contributed by atoms with Gasteiger partial charge < -0.3 is 10.2 Å². The second-order valence-corrected chi connectivity index (χ2v) is 3.99. The fraction of sp³-hybridized carbons (Fsp3) is 0.167. The molecule has 18 heavy (non-hydrogen) atoms. The first kappa shape index (κ1) is 10.8. The standard InChI is InChI=1S/C12H12N4O2/c17-6-5-16-4-3-11(15-16)12-9-7-8(18)1-2-10(9)13-14-12/h1-4,7,17-18H,5-6H2,(H,13,14). The molecule has 2 aromatic heterocycles. The van der Waals surface area contributed by atoms with E-state index < -0.39 is 0 Å². The number of H-pyrrole nitrogens is 1. The van der Waals surface area contributed by atoms with E-state index in [0.29, 0.717) is 17.9 Å². The number of nitrogens with one attached hydrogen (secondary N) is 1. The highest BCUT2D eigenvalue weighted by Gasteiger charge is 2.11. The van der Waals surface area contributed by atoms with Crippen LogP contribution in [0, 0.1) is 0 Å². The van der Waals surface area contributed by atoms with Crippen LogP contribution in [0.4, 0.5) is 0 Å². The van der Waals surface area contributed by atoms with Crippen molar-refractivity contribution in [1.29, 1.82) is 0 Å². The van der Waals surface area contributed by atoms with Crippen molar-refractivity contribution in [1.82, 2.24) is 20.0 Å². The highest BCUT2D eigenvalue weighted by atomic mass is 16.3. The van der Waals surface area contributed by atoms with Crippen LogP contribution in [0.25, 0.3) is 22.3 Å². The van der Waals surface area contributed by atoms with E-state index in [0.717, 1.165) is 10.9 Å². The number of aromatic hydroxyl groups is 1. The third-order valence-electron chi connectivity index (χ3n) is 2.76. The lowest BCUT2D eigenvalue weighted by Gasteiger charge is -1.96. The first-order chi connectivity index (χ1) is 8.78. The van der Waals surface area contributed by atoms with E-state index in [2.05, 4.69) is 15.3 Å². The number of hydrogen-bond acceptors (Lipinski definition) is 4. The Hall–Kier alpha value is -2.34. The van der Waals surface area contributed by atoms with E-state index in [9.17, 15) is 5.11 Å². The zero-order chi connectivity index (χ0) is 12.5. The zero-order valence-electron chi connectivity index (χ0n) is 9.54. The van der Waals surface area contributed by atoms with Crippen LogP contribution in [0.1, 0.15) is 0 Å². The van der Waals surface area contributed by atoms with Crippen molar-refractivity contribution < 1.29 is 10.2 Å². The van der Waals surface area contributed by atoms with Crippen molar-refractivity contribution in [3.63, 3.8) is 0 Å². The van der Waals surface area contributed by atoms with Gasteiger partial charge in [0, 0.05) is 11.6 Å². The summed E-state index contributed by atoms with van der Waals surface area (Å²) in [5.74, 6) is 0.194. The average molecular weight is 244 g/mol. The molecule has 1 aromatic carbocycles. The number of phenolic OH excluding ortho intramolecular Hbond substituents is 1. The molecule has 0 fully saturated rings. The predicted octanol–water partition coefficient (Wildman–Crippen LogP) is 1.12.